The quantitative estimate of drug-likeness (QED) is 0.520. The van der Waals surface area contributed by atoms with Crippen molar-refractivity contribution in [3.8, 4) is 11.5 Å². The van der Waals surface area contributed by atoms with Gasteiger partial charge in [-0.2, -0.15) is 4.98 Å². The summed E-state index contributed by atoms with van der Waals surface area (Å²) in [5.41, 5.74) is 8.71. The maximum Gasteiger partial charge on any atom is 0.222 e. The third-order valence-electron chi connectivity index (χ3n) is 4.25. The van der Waals surface area contributed by atoms with Crippen molar-refractivity contribution >= 4 is 11.8 Å². The van der Waals surface area contributed by atoms with E-state index in [1.54, 1.807) is 7.11 Å². The van der Waals surface area contributed by atoms with E-state index in [-0.39, 0.29) is 12.6 Å². The van der Waals surface area contributed by atoms with Crippen LogP contribution in [0.3, 0.4) is 0 Å². The van der Waals surface area contributed by atoms with E-state index in [0.29, 0.717) is 19.4 Å². The first-order valence-electron chi connectivity index (χ1n) is 9.36. The number of nitrogens with one attached hydrogen (secondary N) is 1. The molecule has 0 saturated carbocycles. The van der Waals surface area contributed by atoms with Crippen molar-refractivity contribution in [2.24, 2.45) is 0 Å². The monoisotopic (exact) mass is 374 g/mol. The van der Waals surface area contributed by atoms with Gasteiger partial charge in [0.25, 0.3) is 0 Å². The fraction of sp³-hybridized carbons (Fsp3) is 0.500. The van der Waals surface area contributed by atoms with Crippen LogP contribution in [0.15, 0.2) is 18.2 Å². The number of ether oxygens (including phenoxy) is 2. The maximum absolute atomic E-state index is 8.87. The highest BCUT2D eigenvalue weighted by molar-refractivity contribution is 5.53. The molecule has 2 aromatic rings. The summed E-state index contributed by atoms with van der Waals surface area (Å²) < 4.78 is 11.2. The van der Waals surface area contributed by atoms with Crippen molar-refractivity contribution in [2.75, 3.05) is 37.9 Å². The largest absolute Gasteiger partial charge is 0.496 e. The highest BCUT2D eigenvalue weighted by Gasteiger charge is 2.14. The van der Waals surface area contributed by atoms with Crippen LogP contribution in [0, 0.1) is 6.92 Å². The van der Waals surface area contributed by atoms with Crippen LogP contribution in [-0.2, 0) is 6.42 Å². The van der Waals surface area contributed by atoms with E-state index in [1.807, 2.05) is 25.1 Å². The molecule has 0 atom stereocenters. The second kappa shape index (κ2) is 10.6. The minimum Gasteiger partial charge on any atom is -0.496 e. The summed E-state index contributed by atoms with van der Waals surface area (Å²) >= 11 is 0. The van der Waals surface area contributed by atoms with Crippen molar-refractivity contribution in [3.63, 3.8) is 0 Å². The fourth-order valence-electron chi connectivity index (χ4n) is 2.76. The summed E-state index contributed by atoms with van der Waals surface area (Å²) in [6.07, 6.45) is 3.39. The predicted octanol–water partition coefficient (Wildman–Crippen LogP) is 2.94. The van der Waals surface area contributed by atoms with Gasteiger partial charge >= 0.3 is 0 Å². The molecule has 7 heteroatoms. The molecule has 0 fully saturated rings. The van der Waals surface area contributed by atoms with Crippen molar-refractivity contribution in [3.05, 3.63) is 35.0 Å². The van der Waals surface area contributed by atoms with E-state index in [4.69, 9.17) is 20.3 Å². The lowest BCUT2D eigenvalue weighted by Gasteiger charge is -2.16. The van der Waals surface area contributed by atoms with E-state index in [0.717, 1.165) is 53.5 Å². The van der Waals surface area contributed by atoms with Crippen LogP contribution < -0.4 is 20.5 Å². The molecule has 0 bridgehead atoms. The first-order valence-corrected chi connectivity index (χ1v) is 9.36. The zero-order valence-electron chi connectivity index (χ0n) is 16.4. The molecule has 148 valence electrons. The van der Waals surface area contributed by atoms with Gasteiger partial charge in [-0.05, 0) is 25.0 Å². The molecule has 0 aliphatic rings. The number of aliphatic hydroxyl groups is 1. The Balaban J connectivity index is 2.24. The average Bonchev–Trinajstić information content (AvgIpc) is 2.65. The van der Waals surface area contributed by atoms with Crippen LogP contribution in [-0.4, -0.2) is 41.9 Å². The van der Waals surface area contributed by atoms with Crippen LogP contribution >= 0.6 is 0 Å². The Kier molecular flexibility index (Phi) is 8.13. The van der Waals surface area contributed by atoms with Gasteiger partial charge < -0.3 is 25.6 Å². The summed E-state index contributed by atoms with van der Waals surface area (Å²) in [5.74, 6) is 2.51. The number of hydrogen-bond acceptors (Lipinski definition) is 7. The van der Waals surface area contributed by atoms with Gasteiger partial charge in [-0.3, -0.25) is 0 Å². The summed E-state index contributed by atoms with van der Waals surface area (Å²) in [4.78, 5) is 8.71. The van der Waals surface area contributed by atoms with Gasteiger partial charge in [0, 0.05) is 43.3 Å². The molecule has 0 aliphatic heterocycles. The number of anilines is 2. The molecule has 0 spiro atoms. The molecule has 0 amide bonds. The Morgan fingerprint density at radius 1 is 1.22 bits per heavy atom. The lowest BCUT2D eigenvalue weighted by molar-refractivity contribution is 0.233. The molecular weight excluding hydrogens is 344 g/mol. The summed E-state index contributed by atoms with van der Waals surface area (Å²) in [6.45, 7) is 5.51. The van der Waals surface area contributed by atoms with Gasteiger partial charge in [0.1, 0.15) is 17.3 Å². The summed E-state index contributed by atoms with van der Waals surface area (Å²) in [7, 11) is 1.64. The number of rotatable bonds is 11. The van der Waals surface area contributed by atoms with Crippen LogP contribution in [0.5, 0.6) is 11.5 Å². The zero-order chi connectivity index (χ0) is 19.6. The van der Waals surface area contributed by atoms with Crippen molar-refractivity contribution in [1.82, 2.24) is 9.97 Å². The molecule has 27 heavy (non-hydrogen) atoms. The molecule has 2 rings (SSSR count). The average molecular weight is 374 g/mol. The van der Waals surface area contributed by atoms with E-state index in [2.05, 4.69) is 22.2 Å². The number of methoxy groups -OCH3 is 1. The normalized spacial score (nSPS) is 10.7. The highest BCUT2D eigenvalue weighted by Crippen LogP contribution is 2.29. The minimum atomic E-state index is 0.111. The number of benzene rings is 1. The minimum absolute atomic E-state index is 0.111. The van der Waals surface area contributed by atoms with Gasteiger partial charge in [0.2, 0.25) is 5.95 Å². The maximum atomic E-state index is 8.87. The fourth-order valence-corrected chi connectivity index (χ4v) is 2.76. The van der Waals surface area contributed by atoms with Crippen molar-refractivity contribution in [2.45, 2.75) is 39.5 Å². The zero-order valence-corrected chi connectivity index (χ0v) is 16.4. The van der Waals surface area contributed by atoms with Crippen molar-refractivity contribution < 1.29 is 14.6 Å². The molecule has 1 heterocycles. The molecule has 0 unspecified atom stereocenters. The predicted molar refractivity (Wildman–Crippen MR) is 108 cm³/mol. The molecule has 0 saturated heterocycles. The Morgan fingerprint density at radius 2 is 2.04 bits per heavy atom. The second-order valence-corrected chi connectivity index (χ2v) is 6.35. The molecule has 1 aromatic heterocycles. The van der Waals surface area contributed by atoms with Crippen molar-refractivity contribution in [1.29, 1.82) is 0 Å². The molecule has 1 aromatic carbocycles. The molecule has 4 N–H and O–H groups in total. The first kappa shape index (κ1) is 20.8. The number of nitrogen functional groups attached to an aromatic ring is 1. The summed E-state index contributed by atoms with van der Waals surface area (Å²) in [6, 6.07) is 5.76. The Hall–Kier alpha value is -2.54. The number of unbranched alkanes of at least 4 members (excludes halogenated alkanes) is 1. The van der Waals surface area contributed by atoms with Gasteiger partial charge in [0.15, 0.2) is 0 Å². The topological polar surface area (TPSA) is 103 Å². The van der Waals surface area contributed by atoms with Crippen LogP contribution in [0.4, 0.5) is 11.8 Å². The number of aromatic nitrogens is 2. The van der Waals surface area contributed by atoms with Gasteiger partial charge in [-0.15, -0.1) is 0 Å². The lowest BCUT2D eigenvalue weighted by atomic mass is 10.0. The van der Waals surface area contributed by atoms with Gasteiger partial charge in [-0.1, -0.05) is 19.4 Å². The third-order valence-corrected chi connectivity index (χ3v) is 4.25. The lowest BCUT2D eigenvalue weighted by Crippen LogP contribution is -2.11. The smallest absolute Gasteiger partial charge is 0.222 e. The third kappa shape index (κ3) is 5.99. The molecular formula is C20H30N4O3. The Morgan fingerprint density at radius 3 is 2.74 bits per heavy atom. The number of hydrogen-bond donors (Lipinski definition) is 3. The SMILES string of the molecule is CCCCNc1nc(N)nc(C)c1Cc1ccc(OCCCO)cc1OC. The Labute approximate surface area is 160 Å². The van der Waals surface area contributed by atoms with E-state index in [9.17, 15) is 0 Å². The van der Waals surface area contributed by atoms with Crippen LogP contribution in [0.1, 0.15) is 43.0 Å². The van der Waals surface area contributed by atoms with Crippen LogP contribution in [0.2, 0.25) is 0 Å². The molecule has 0 aliphatic carbocycles. The second-order valence-electron chi connectivity index (χ2n) is 6.35. The summed E-state index contributed by atoms with van der Waals surface area (Å²) in [5, 5.41) is 12.2. The highest BCUT2D eigenvalue weighted by atomic mass is 16.5. The van der Waals surface area contributed by atoms with E-state index >= 15 is 0 Å². The van der Waals surface area contributed by atoms with Gasteiger partial charge in [0.05, 0.1) is 13.7 Å². The van der Waals surface area contributed by atoms with E-state index in [1.165, 1.54) is 0 Å². The number of aliphatic hydroxyl groups excluding tert-OH is 1. The van der Waals surface area contributed by atoms with Gasteiger partial charge in [-0.25, -0.2) is 4.98 Å². The number of aryl methyl sites for hydroxylation is 1. The molecule has 0 radical (unpaired) electrons. The van der Waals surface area contributed by atoms with E-state index < -0.39 is 0 Å². The van der Waals surface area contributed by atoms with Crippen LogP contribution in [0.25, 0.3) is 0 Å². The molecule has 7 nitrogen and oxygen atoms in total. The standard InChI is InChI=1S/C20H30N4O3/c1-4-5-9-22-19-17(14(2)23-20(21)24-19)12-15-7-8-16(13-18(15)26-3)27-11-6-10-25/h7-8,13,25H,4-6,9-12H2,1-3H3,(H3,21,22,23,24). The number of nitrogens with zero attached hydrogens (tertiary/aromatic N) is 2. The first-order chi connectivity index (χ1) is 13.1. The number of nitrogens with two attached hydrogens (primary N) is 1. The Bertz CT molecular complexity index is 737.